The standard InChI is InChI=1S/C14H20O7/c1-9(5-4-8-15)12(18)21-14(13(19)20)7-3-2-6-10(14)11(16)17/h5,10,15H,2-4,6-8H2,1H3,(H,16,17)(H,19,20). The number of ether oxygens (including phenoxy) is 1. The summed E-state index contributed by atoms with van der Waals surface area (Å²) >= 11 is 0. The van der Waals surface area contributed by atoms with E-state index in [1.165, 1.54) is 13.0 Å². The van der Waals surface area contributed by atoms with Gasteiger partial charge in [-0.25, -0.2) is 9.59 Å². The minimum Gasteiger partial charge on any atom is -0.481 e. The summed E-state index contributed by atoms with van der Waals surface area (Å²) in [6.07, 6.45) is 2.89. The molecule has 0 bridgehead atoms. The molecule has 0 aliphatic heterocycles. The number of carbonyl (C=O) groups excluding carboxylic acids is 1. The molecule has 1 fully saturated rings. The first kappa shape index (κ1) is 17.2. The molecule has 3 N–H and O–H groups in total. The van der Waals surface area contributed by atoms with E-state index >= 15 is 0 Å². The molecule has 0 aromatic rings. The highest BCUT2D eigenvalue weighted by atomic mass is 16.6. The van der Waals surface area contributed by atoms with Gasteiger partial charge in [0.05, 0.1) is 0 Å². The third kappa shape index (κ3) is 3.81. The second-order valence-electron chi connectivity index (χ2n) is 5.12. The molecule has 0 spiro atoms. The maximum atomic E-state index is 12.0. The summed E-state index contributed by atoms with van der Waals surface area (Å²) in [7, 11) is 0. The van der Waals surface area contributed by atoms with Crippen LogP contribution in [-0.4, -0.2) is 45.4 Å². The minimum absolute atomic E-state index is 0.0156. The third-order valence-electron chi connectivity index (χ3n) is 3.69. The fourth-order valence-electron chi connectivity index (χ4n) is 2.50. The fraction of sp³-hybridized carbons (Fsp3) is 0.643. The normalized spacial score (nSPS) is 26.2. The summed E-state index contributed by atoms with van der Waals surface area (Å²) in [5.41, 5.74) is -1.87. The second kappa shape index (κ2) is 7.21. The molecule has 0 amide bonds. The zero-order valence-corrected chi connectivity index (χ0v) is 11.9. The molecule has 2 unspecified atom stereocenters. The van der Waals surface area contributed by atoms with Gasteiger partial charge < -0.3 is 20.1 Å². The van der Waals surface area contributed by atoms with Gasteiger partial charge in [0, 0.05) is 12.2 Å². The Kier molecular flexibility index (Phi) is 5.90. The number of hydrogen-bond donors (Lipinski definition) is 3. The van der Waals surface area contributed by atoms with Crippen LogP contribution in [0, 0.1) is 5.92 Å². The van der Waals surface area contributed by atoms with Crippen LogP contribution < -0.4 is 0 Å². The van der Waals surface area contributed by atoms with E-state index in [-0.39, 0.29) is 31.4 Å². The zero-order valence-electron chi connectivity index (χ0n) is 11.9. The van der Waals surface area contributed by atoms with E-state index in [1.807, 2.05) is 0 Å². The third-order valence-corrected chi connectivity index (χ3v) is 3.69. The highest BCUT2D eigenvalue weighted by molar-refractivity contribution is 5.93. The van der Waals surface area contributed by atoms with Crippen LogP contribution in [0.5, 0.6) is 0 Å². The van der Waals surface area contributed by atoms with Crippen molar-refractivity contribution in [3.63, 3.8) is 0 Å². The lowest BCUT2D eigenvalue weighted by molar-refractivity contribution is -0.193. The van der Waals surface area contributed by atoms with Crippen molar-refractivity contribution < 1.29 is 34.4 Å². The lowest BCUT2D eigenvalue weighted by Crippen LogP contribution is -2.54. The molecule has 1 aliphatic rings. The van der Waals surface area contributed by atoms with Gasteiger partial charge in [-0.1, -0.05) is 12.5 Å². The summed E-state index contributed by atoms with van der Waals surface area (Å²) in [4.78, 5) is 34.8. The van der Waals surface area contributed by atoms with Gasteiger partial charge in [0.15, 0.2) is 0 Å². The Morgan fingerprint density at radius 3 is 2.48 bits per heavy atom. The van der Waals surface area contributed by atoms with Crippen LogP contribution in [-0.2, 0) is 19.1 Å². The number of hydrogen-bond acceptors (Lipinski definition) is 5. The van der Waals surface area contributed by atoms with Gasteiger partial charge in [0.2, 0.25) is 5.60 Å². The quantitative estimate of drug-likeness (QED) is 0.493. The molecule has 0 aromatic carbocycles. The molecule has 1 saturated carbocycles. The Bertz CT molecular complexity index is 454. The predicted molar refractivity (Wildman–Crippen MR) is 71.5 cm³/mol. The Labute approximate surface area is 122 Å². The predicted octanol–water partition coefficient (Wildman–Crippen LogP) is 0.956. The highest BCUT2D eigenvalue weighted by Gasteiger charge is 2.54. The van der Waals surface area contributed by atoms with Crippen molar-refractivity contribution in [1.82, 2.24) is 0 Å². The maximum absolute atomic E-state index is 12.0. The average molecular weight is 300 g/mol. The van der Waals surface area contributed by atoms with Gasteiger partial charge >= 0.3 is 17.9 Å². The number of carbonyl (C=O) groups is 3. The Balaban J connectivity index is 3.02. The molecule has 2 atom stereocenters. The molecule has 118 valence electrons. The molecule has 21 heavy (non-hydrogen) atoms. The van der Waals surface area contributed by atoms with Crippen LogP contribution in [0.15, 0.2) is 11.6 Å². The van der Waals surface area contributed by atoms with Gasteiger partial charge in [-0.05, 0) is 32.6 Å². The van der Waals surface area contributed by atoms with Gasteiger partial charge in [-0.2, -0.15) is 0 Å². The largest absolute Gasteiger partial charge is 0.481 e. The topological polar surface area (TPSA) is 121 Å². The van der Waals surface area contributed by atoms with Gasteiger partial charge in [0.1, 0.15) is 5.92 Å². The smallest absolute Gasteiger partial charge is 0.349 e. The first-order valence-electron chi connectivity index (χ1n) is 6.82. The van der Waals surface area contributed by atoms with Gasteiger partial charge in [0.25, 0.3) is 0 Å². The minimum atomic E-state index is -2.02. The van der Waals surface area contributed by atoms with Crippen LogP contribution in [0.3, 0.4) is 0 Å². The summed E-state index contributed by atoms with van der Waals surface area (Å²) < 4.78 is 5.10. The lowest BCUT2D eigenvalue weighted by atomic mass is 9.75. The lowest BCUT2D eigenvalue weighted by Gasteiger charge is -2.37. The summed E-state index contributed by atoms with van der Waals surface area (Å²) in [5, 5.41) is 27.3. The molecule has 7 nitrogen and oxygen atoms in total. The fourth-order valence-corrected chi connectivity index (χ4v) is 2.50. The van der Waals surface area contributed by atoms with Crippen molar-refractivity contribution in [1.29, 1.82) is 0 Å². The number of carboxylic acid groups (broad SMARTS) is 2. The van der Waals surface area contributed by atoms with Crippen molar-refractivity contribution in [2.45, 2.75) is 44.6 Å². The van der Waals surface area contributed by atoms with Gasteiger partial charge in [-0.15, -0.1) is 0 Å². The van der Waals surface area contributed by atoms with Crippen molar-refractivity contribution in [2.75, 3.05) is 6.61 Å². The summed E-state index contributed by atoms with van der Waals surface area (Å²) in [6.45, 7) is 1.29. The highest BCUT2D eigenvalue weighted by Crippen LogP contribution is 2.38. The molecular formula is C14H20O7. The van der Waals surface area contributed by atoms with E-state index < -0.39 is 29.4 Å². The zero-order chi connectivity index (χ0) is 16.0. The molecule has 7 heteroatoms. The first-order chi connectivity index (χ1) is 9.85. The van der Waals surface area contributed by atoms with Gasteiger partial charge in [-0.3, -0.25) is 4.79 Å². The van der Waals surface area contributed by atoms with Crippen LogP contribution in [0.4, 0.5) is 0 Å². The molecule has 0 radical (unpaired) electrons. The summed E-state index contributed by atoms with van der Waals surface area (Å²) in [6, 6.07) is 0. The number of aliphatic hydroxyl groups excluding tert-OH is 1. The molecule has 0 aromatic heterocycles. The maximum Gasteiger partial charge on any atom is 0.349 e. The van der Waals surface area contributed by atoms with E-state index in [4.69, 9.17) is 9.84 Å². The molecule has 1 rings (SSSR count). The van der Waals surface area contributed by atoms with Crippen LogP contribution in [0.25, 0.3) is 0 Å². The van der Waals surface area contributed by atoms with Crippen molar-refractivity contribution >= 4 is 17.9 Å². The number of esters is 1. The van der Waals surface area contributed by atoms with Crippen LogP contribution in [0.1, 0.15) is 39.0 Å². The van der Waals surface area contributed by atoms with Crippen LogP contribution in [0.2, 0.25) is 0 Å². The first-order valence-corrected chi connectivity index (χ1v) is 6.82. The Hall–Kier alpha value is -1.89. The number of aliphatic carboxylic acids is 2. The van der Waals surface area contributed by atoms with Crippen LogP contribution >= 0.6 is 0 Å². The van der Waals surface area contributed by atoms with E-state index in [0.717, 1.165) is 0 Å². The molecule has 0 heterocycles. The monoisotopic (exact) mass is 300 g/mol. The second-order valence-corrected chi connectivity index (χ2v) is 5.12. The molecule has 1 aliphatic carbocycles. The van der Waals surface area contributed by atoms with Crippen molar-refractivity contribution in [2.24, 2.45) is 5.92 Å². The van der Waals surface area contributed by atoms with Crippen molar-refractivity contribution in [3.05, 3.63) is 11.6 Å². The number of aliphatic hydroxyl groups is 1. The molecular weight excluding hydrogens is 280 g/mol. The summed E-state index contributed by atoms with van der Waals surface area (Å²) in [5.74, 6) is -4.82. The number of rotatable bonds is 6. The van der Waals surface area contributed by atoms with E-state index in [0.29, 0.717) is 12.8 Å². The molecule has 0 saturated heterocycles. The Morgan fingerprint density at radius 1 is 1.29 bits per heavy atom. The van der Waals surface area contributed by atoms with E-state index in [1.54, 1.807) is 0 Å². The average Bonchev–Trinajstić information content (AvgIpc) is 2.44. The Morgan fingerprint density at radius 2 is 1.95 bits per heavy atom. The SMILES string of the molecule is CC(=CCCO)C(=O)OC1(C(=O)O)CCCCC1C(=O)O. The van der Waals surface area contributed by atoms with E-state index in [9.17, 15) is 24.6 Å². The van der Waals surface area contributed by atoms with Crippen molar-refractivity contribution in [3.8, 4) is 0 Å². The number of carboxylic acids is 2. The van der Waals surface area contributed by atoms with E-state index in [2.05, 4.69) is 0 Å².